The first-order valence-corrected chi connectivity index (χ1v) is 11.3. The number of thioether (sulfide) groups is 1. The maximum atomic E-state index is 12.2. The fraction of sp³-hybridized carbons (Fsp3) is 0.150. The van der Waals surface area contributed by atoms with Crippen molar-refractivity contribution in [3.8, 4) is 0 Å². The standard InChI is InChI=1S/C20H17BrN4OS2/c21-14-7-5-13(6-8-14)11-27-20-23-15(12-28-20)9-19(26)22-10-18-24-16-3-1-2-4-17(16)25-18/h1-8,12H,9-11H2,(H,22,26)(H,24,25). The lowest BCUT2D eigenvalue weighted by molar-refractivity contribution is -0.120. The number of nitrogens with zero attached hydrogens (tertiary/aromatic N) is 2. The number of aromatic nitrogens is 3. The summed E-state index contributed by atoms with van der Waals surface area (Å²) >= 11 is 6.70. The number of aromatic amines is 1. The number of halogens is 1. The van der Waals surface area contributed by atoms with E-state index in [0.29, 0.717) is 6.54 Å². The summed E-state index contributed by atoms with van der Waals surface area (Å²) in [5.74, 6) is 1.55. The highest BCUT2D eigenvalue weighted by atomic mass is 79.9. The van der Waals surface area contributed by atoms with Crippen LogP contribution in [0.1, 0.15) is 17.1 Å². The molecule has 8 heteroatoms. The van der Waals surface area contributed by atoms with Gasteiger partial charge in [-0.15, -0.1) is 11.3 Å². The van der Waals surface area contributed by atoms with Crippen LogP contribution >= 0.6 is 39.0 Å². The Balaban J connectivity index is 1.27. The van der Waals surface area contributed by atoms with Gasteiger partial charge in [-0.2, -0.15) is 0 Å². The van der Waals surface area contributed by atoms with Gasteiger partial charge >= 0.3 is 0 Å². The van der Waals surface area contributed by atoms with Crippen molar-refractivity contribution in [1.29, 1.82) is 0 Å². The van der Waals surface area contributed by atoms with Crippen LogP contribution in [0.25, 0.3) is 11.0 Å². The average molecular weight is 473 g/mol. The Morgan fingerprint density at radius 3 is 2.79 bits per heavy atom. The fourth-order valence-corrected chi connectivity index (χ4v) is 4.73. The molecule has 0 radical (unpaired) electrons. The maximum absolute atomic E-state index is 12.2. The van der Waals surface area contributed by atoms with Crippen LogP contribution in [-0.4, -0.2) is 20.9 Å². The van der Waals surface area contributed by atoms with Crippen LogP contribution in [0.2, 0.25) is 0 Å². The van der Waals surface area contributed by atoms with Crippen LogP contribution in [0.5, 0.6) is 0 Å². The number of carbonyl (C=O) groups is 1. The predicted octanol–water partition coefficient (Wildman–Crippen LogP) is 4.93. The number of benzene rings is 2. The van der Waals surface area contributed by atoms with Crippen LogP contribution in [0, 0.1) is 0 Å². The largest absolute Gasteiger partial charge is 0.349 e. The summed E-state index contributed by atoms with van der Waals surface area (Å²) in [7, 11) is 0. The molecule has 4 aromatic rings. The van der Waals surface area contributed by atoms with E-state index < -0.39 is 0 Å². The molecule has 142 valence electrons. The monoisotopic (exact) mass is 472 g/mol. The summed E-state index contributed by atoms with van der Waals surface area (Å²) in [5, 5.41) is 4.85. The molecule has 4 rings (SSSR count). The molecular weight excluding hydrogens is 456 g/mol. The van der Waals surface area contributed by atoms with Gasteiger partial charge in [0.25, 0.3) is 0 Å². The third-order valence-corrected chi connectivity index (χ3v) is 6.71. The SMILES string of the molecule is O=C(Cc1csc(SCc2ccc(Br)cc2)n1)NCc1nc2ccccc2[nH]1. The highest BCUT2D eigenvalue weighted by molar-refractivity contribution is 9.10. The van der Waals surface area contributed by atoms with Crippen molar-refractivity contribution in [2.24, 2.45) is 0 Å². The normalized spacial score (nSPS) is 11.0. The second-order valence-electron chi connectivity index (χ2n) is 6.17. The Morgan fingerprint density at radius 1 is 1.14 bits per heavy atom. The molecule has 0 unspecified atom stereocenters. The summed E-state index contributed by atoms with van der Waals surface area (Å²) in [6.45, 7) is 0.378. The van der Waals surface area contributed by atoms with Crippen molar-refractivity contribution in [2.45, 2.75) is 23.1 Å². The maximum Gasteiger partial charge on any atom is 0.226 e. The zero-order chi connectivity index (χ0) is 19.3. The molecule has 5 nitrogen and oxygen atoms in total. The van der Waals surface area contributed by atoms with E-state index in [1.54, 1.807) is 23.1 Å². The van der Waals surface area contributed by atoms with Crippen LogP contribution in [0.15, 0.2) is 62.7 Å². The average Bonchev–Trinajstić information content (AvgIpc) is 3.32. The molecule has 0 spiro atoms. The summed E-state index contributed by atoms with van der Waals surface area (Å²) in [6, 6.07) is 16.1. The van der Waals surface area contributed by atoms with E-state index in [4.69, 9.17) is 0 Å². The Hall–Kier alpha value is -2.16. The topological polar surface area (TPSA) is 70.7 Å². The summed E-state index contributed by atoms with van der Waals surface area (Å²) in [4.78, 5) is 24.5. The number of nitrogens with one attached hydrogen (secondary N) is 2. The number of para-hydroxylation sites is 2. The number of hydrogen-bond acceptors (Lipinski definition) is 5. The number of fused-ring (bicyclic) bond motifs is 1. The number of thiazole rings is 1. The van der Waals surface area contributed by atoms with Crippen molar-refractivity contribution in [2.75, 3.05) is 0 Å². The molecule has 0 aliphatic heterocycles. The van der Waals surface area contributed by atoms with E-state index >= 15 is 0 Å². The minimum Gasteiger partial charge on any atom is -0.349 e. The molecule has 28 heavy (non-hydrogen) atoms. The van der Waals surface area contributed by atoms with Gasteiger partial charge in [-0.3, -0.25) is 4.79 Å². The number of hydrogen-bond donors (Lipinski definition) is 2. The second-order valence-corrected chi connectivity index (χ2v) is 9.17. The zero-order valence-electron chi connectivity index (χ0n) is 14.8. The predicted molar refractivity (Wildman–Crippen MR) is 117 cm³/mol. The lowest BCUT2D eigenvalue weighted by Crippen LogP contribution is -2.25. The molecule has 2 aromatic carbocycles. The summed E-state index contributed by atoms with van der Waals surface area (Å²) in [5.41, 5.74) is 3.91. The van der Waals surface area contributed by atoms with Crippen LogP contribution in [-0.2, 0) is 23.5 Å². The quantitative estimate of drug-likeness (QED) is 0.374. The van der Waals surface area contributed by atoms with Crippen molar-refractivity contribution in [3.05, 3.63) is 75.5 Å². The lowest BCUT2D eigenvalue weighted by atomic mass is 10.2. The highest BCUT2D eigenvalue weighted by Gasteiger charge is 2.10. The molecular formula is C20H17BrN4OS2. The van der Waals surface area contributed by atoms with E-state index in [1.807, 2.05) is 41.8 Å². The van der Waals surface area contributed by atoms with Crippen LogP contribution in [0.3, 0.4) is 0 Å². The van der Waals surface area contributed by atoms with Crippen LogP contribution < -0.4 is 5.32 Å². The molecule has 0 bridgehead atoms. The van der Waals surface area contributed by atoms with E-state index in [0.717, 1.165) is 37.1 Å². The minimum absolute atomic E-state index is 0.0600. The molecule has 2 heterocycles. The molecule has 0 fully saturated rings. The van der Waals surface area contributed by atoms with E-state index in [2.05, 4.69) is 48.3 Å². The Bertz CT molecular complexity index is 1060. The molecule has 0 saturated heterocycles. The van der Waals surface area contributed by atoms with Gasteiger partial charge in [-0.1, -0.05) is 52.0 Å². The number of carbonyl (C=O) groups excluding carboxylic acids is 1. The molecule has 2 aromatic heterocycles. The smallest absolute Gasteiger partial charge is 0.226 e. The Labute approximate surface area is 179 Å². The van der Waals surface area contributed by atoms with Crippen LogP contribution in [0.4, 0.5) is 0 Å². The number of amides is 1. The summed E-state index contributed by atoms with van der Waals surface area (Å²) in [6.07, 6.45) is 0.273. The molecule has 0 aliphatic carbocycles. The number of rotatable bonds is 7. The van der Waals surface area contributed by atoms with E-state index in [9.17, 15) is 4.79 Å². The van der Waals surface area contributed by atoms with Crippen molar-refractivity contribution in [1.82, 2.24) is 20.3 Å². The van der Waals surface area contributed by atoms with Crippen molar-refractivity contribution >= 4 is 56.0 Å². The van der Waals surface area contributed by atoms with Gasteiger partial charge in [-0.25, -0.2) is 9.97 Å². The summed E-state index contributed by atoms with van der Waals surface area (Å²) < 4.78 is 2.05. The minimum atomic E-state index is -0.0600. The molecule has 2 N–H and O–H groups in total. The lowest BCUT2D eigenvalue weighted by Gasteiger charge is -2.01. The molecule has 0 saturated carbocycles. The Morgan fingerprint density at radius 2 is 1.96 bits per heavy atom. The number of H-pyrrole nitrogens is 1. The van der Waals surface area contributed by atoms with Gasteiger partial charge in [0.2, 0.25) is 5.91 Å². The second kappa shape index (κ2) is 8.89. The first-order valence-electron chi connectivity index (χ1n) is 8.68. The van der Waals surface area contributed by atoms with Gasteiger partial charge in [0, 0.05) is 15.6 Å². The van der Waals surface area contributed by atoms with Crippen molar-refractivity contribution in [3.63, 3.8) is 0 Å². The number of imidazole rings is 1. The van der Waals surface area contributed by atoms with Gasteiger partial charge in [0.15, 0.2) is 0 Å². The van der Waals surface area contributed by atoms with Gasteiger partial charge in [-0.05, 0) is 29.8 Å². The highest BCUT2D eigenvalue weighted by Crippen LogP contribution is 2.27. The molecule has 1 amide bonds. The van der Waals surface area contributed by atoms with E-state index in [-0.39, 0.29) is 12.3 Å². The Kier molecular flexibility index (Phi) is 6.09. The van der Waals surface area contributed by atoms with Crippen molar-refractivity contribution < 1.29 is 4.79 Å². The first kappa shape index (κ1) is 19.2. The fourth-order valence-electron chi connectivity index (χ4n) is 2.66. The third kappa shape index (κ3) is 5.01. The van der Waals surface area contributed by atoms with E-state index in [1.165, 1.54) is 5.56 Å². The van der Waals surface area contributed by atoms with Gasteiger partial charge in [0.1, 0.15) is 10.2 Å². The zero-order valence-corrected chi connectivity index (χ0v) is 18.0. The van der Waals surface area contributed by atoms with Gasteiger partial charge < -0.3 is 10.3 Å². The molecule has 0 atom stereocenters. The van der Waals surface area contributed by atoms with Gasteiger partial charge in [0.05, 0.1) is 29.7 Å². The molecule has 0 aliphatic rings. The third-order valence-electron chi connectivity index (χ3n) is 4.04. The first-order chi connectivity index (χ1) is 13.7.